The molecule has 3 aromatic rings. The molecule has 1 N–H and O–H groups in total. The summed E-state index contributed by atoms with van der Waals surface area (Å²) >= 11 is 16.2. The van der Waals surface area contributed by atoms with Crippen LogP contribution in [0.1, 0.15) is 5.56 Å². The number of nitrogens with zero attached hydrogens (tertiary/aromatic N) is 1. The molecule has 1 heterocycles. The molecule has 0 aromatic heterocycles. The number of carbonyl (C=O) groups is 2. The lowest BCUT2D eigenvalue weighted by atomic mass is 10.1. The zero-order valence-corrected chi connectivity index (χ0v) is 22.3. The van der Waals surface area contributed by atoms with Crippen LogP contribution < -0.4 is 19.7 Å². The molecule has 178 valence electrons. The Labute approximate surface area is 225 Å². The van der Waals surface area contributed by atoms with E-state index in [9.17, 15) is 9.59 Å². The van der Waals surface area contributed by atoms with E-state index in [-0.39, 0.29) is 18.4 Å². The molecule has 1 aliphatic rings. The third-order valence-corrected chi connectivity index (χ3v) is 7.07. The molecule has 0 unspecified atom stereocenters. The number of carbonyl (C=O) groups excluding carboxylic acids is 2. The first-order valence-electron chi connectivity index (χ1n) is 10.2. The van der Waals surface area contributed by atoms with E-state index < -0.39 is 0 Å². The van der Waals surface area contributed by atoms with Crippen LogP contribution in [0, 0.1) is 0 Å². The Morgan fingerprint density at radius 3 is 2.60 bits per heavy atom. The number of hydrogen-bond acceptors (Lipinski definition) is 6. The van der Waals surface area contributed by atoms with Gasteiger partial charge in [0.15, 0.2) is 22.4 Å². The van der Waals surface area contributed by atoms with Crippen LogP contribution in [0.2, 0.25) is 5.02 Å². The van der Waals surface area contributed by atoms with Gasteiger partial charge in [-0.2, -0.15) is 0 Å². The second-order valence-electron chi connectivity index (χ2n) is 7.20. The van der Waals surface area contributed by atoms with Gasteiger partial charge < -0.3 is 14.8 Å². The Hall–Kier alpha value is -2.85. The molecule has 0 atom stereocenters. The first kappa shape index (κ1) is 25.2. The number of halogens is 2. The van der Waals surface area contributed by atoms with Crippen molar-refractivity contribution in [2.75, 3.05) is 23.9 Å². The predicted molar refractivity (Wildman–Crippen MR) is 148 cm³/mol. The van der Waals surface area contributed by atoms with Crippen molar-refractivity contribution in [2.45, 2.75) is 0 Å². The topological polar surface area (TPSA) is 67.9 Å². The van der Waals surface area contributed by atoms with Gasteiger partial charge in [-0.25, -0.2) is 0 Å². The van der Waals surface area contributed by atoms with Crippen molar-refractivity contribution >= 4 is 85.1 Å². The summed E-state index contributed by atoms with van der Waals surface area (Å²) in [5, 5.41) is 3.14. The molecule has 35 heavy (non-hydrogen) atoms. The molecule has 3 aromatic carbocycles. The minimum absolute atomic E-state index is 0.196. The summed E-state index contributed by atoms with van der Waals surface area (Å²) in [5.74, 6) is 0.184. The van der Waals surface area contributed by atoms with Crippen LogP contribution >= 0.6 is 51.5 Å². The average Bonchev–Trinajstić information content (AvgIpc) is 3.12. The van der Waals surface area contributed by atoms with Crippen molar-refractivity contribution in [1.29, 1.82) is 0 Å². The summed E-state index contributed by atoms with van der Waals surface area (Å²) in [4.78, 5) is 27.3. The van der Waals surface area contributed by atoms with E-state index >= 15 is 0 Å². The number of nitrogens with one attached hydrogen (secondary N) is 1. The summed E-state index contributed by atoms with van der Waals surface area (Å²) in [7, 11) is 1.50. The molecule has 0 radical (unpaired) electrons. The van der Waals surface area contributed by atoms with E-state index in [1.54, 1.807) is 42.5 Å². The lowest BCUT2D eigenvalue weighted by molar-refractivity contribution is -0.118. The van der Waals surface area contributed by atoms with Crippen LogP contribution in [0.15, 0.2) is 76.1 Å². The molecular weight excluding hydrogens is 572 g/mol. The smallest absolute Gasteiger partial charge is 0.270 e. The van der Waals surface area contributed by atoms with Crippen LogP contribution in [0.25, 0.3) is 6.08 Å². The summed E-state index contributed by atoms with van der Waals surface area (Å²) in [6, 6.07) is 19.7. The second-order valence-corrected chi connectivity index (χ2v) is 10.1. The van der Waals surface area contributed by atoms with E-state index in [0.29, 0.717) is 41.5 Å². The molecule has 0 spiro atoms. The van der Waals surface area contributed by atoms with Crippen LogP contribution in [0.5, 0.6) is 11.5 Å². The molecule has 0 aliphatic carbocycles. The number of thiocarbonyl (C=S) groups is 1. The van der Waals surface area contributed by atoms with Gasteiger partial charge in [0.05, 0.1) is 32.9 Å². The number of amides is 2. The van der Waals surface area contributed by atoms with Crippen molar-refractivity contribution in [3.8, 4) is 11.5 Å². The number of rotatable bonds is 7. The molecule has 1 aliphatic heterocycles. The highest BCUT2D eigenvalue weighted by atomic mass is 79.9. The Morgan fingerprint density at radius 1 is 1.17 bits per heavy atom. The summed E-state index contributed by atoms with van der Waals surface area (Å²) in [6.45, 7) is -0.255. The third-order valence-electron chi connectivity index (χ3n) is 4.85. The molecule has 0 bridgehead atoms. The van der Waals surface area contributed by atoms with E-state index in [1.807, 2.05) is 30.3 Å². The Morgan fingerprint density at radius 2 is 1.89 bits per heavy atom. The van der Waals surface area contributed by atoms with Crippen LogP contribution in [0.3, 0.4) is 0 Å². The fraction of sp³-hybridized carbons (Fsp3) is 0.0800. The van der Waals surface area contributed by atoms with Gasteiger partial charge in [-0.1, -0.05) is 65.9 Å². The van der Waals surface area contributed by atoms with Gasteiger partial charge in [0.25, 0.3) is 11.8 Å². The van der Waals surface area contributed by atoms with E-state index in [0.717, 1.165) is 5.69 Å². The SMILES string of the molecule is COc1cc(/C=C2\SC(=S)N(c3ccccc3)C2=O)cc(Br)c1OCC(=O)Nc1ccccc1Cl. The molecule has 4 rings (SSSR count). The number of anilines is 2. The van der Waals surface area contributed by atoms with Crippen LogP contribution in [-0.2, 0) is 9.59 Å². The van der Waals surface area contributed by atoms with Crippen molar-refractivity contribution in [3.63, 3.8) is 0 Å². The van der Waals surface area contributed by atoms with E-state index in [2.05, 4.69) is 21.2 Å². The number of methoxy groups -OCH3 is 1. The number of ether oxygens (including phenoxy) is 2. The summed E-state index contributed by atoms with van der Waals surface area (Å²) < 4.78 is 12.2. The Balaban J connectivity index is 1.50. The van der Waals surface area contributed by atoms with Gasteiger partial charge in [0, 0.05) is 0 Å². The molecular formula is C25H18BrClN2O4S2. The number of thioether (sulfide) groups is 1. The van der Waals surface area contributed by atoms with Crippen molar-refractivity contribution < 1.29 is 19.1 Å². The Kier molecular flexibility index (Phi) is 8.12. The van der Waals surface area contributed by atoms with Crippen molar-refractivity contribution in [2.24, 2.45) is 0 Å². The highest BCUT2D eigenvalue weighted by molar-refractivity contribution is 9.10. The van der Waals surface area contributed by atoms with Gasteiger partial charge in [-0.15, -0.1) is 0 Å². The highest BCUT2D eigenvalue weighted by Crippen LogP contribution is 2.40. The van der Waals surface area contributed by atoms with Crippen LogP contribution in [0.4, 0.5) is 11.4 Å². The number of para-hydroxylation sites is 2. The summed E-state index contributed by atoms with van der Waals surface area (Å²) in [5.41, 5.74) is 1.92. The third kappa shape index (κ3) is 5.87. The second kappa shape index (κ2) is 11.3. The fourth-order valence-electron chi connectivity index (χ4n) is 3.27. The summed E-state index contributed by atoms with van der Waals surface area (Å²) in [6.07, 6.45) is 1.74. The quantitative estimate of drug-likeness (QED) is 0.250. The monoisotopic (exact) mass is 588 g/mol. The number of hydrogen-bond donors (Lipinski definition) is 1. The highest BCUT2D eigenvalue weighted by Gasteiger charge is 2.33. The van der Waals surface area contributed by atoms with Crippen LogP contribution in [-0.4, -0.2) is 29.9 Å². The Bertz CT molecular complexity index is 1330. The molecule has 6 nitrogen and oxygen atoms in total. The largest absolute Gasteiger partial charge is 0.493 e. The molecule has 10 heteroatoms. The van der Waals surface area contributed by atoms with Gasteiger partial charge >= 0.3 is 0 Å². The van der Waals surface area contributed by atoms with Gasteiger partial charge in [0.1, 0.15) is 0 Å². The van der Waals surface area contributed by atoms with Gasteiger partial charge in [-0.3, -0.25) is 14.5 Å². The van der Waals surface area contributed by atoms with E-state index in [1.165, 1.54) is 23.8 Å². The molecule has 1 fully saturated rings. The molecule has 1 saturated heterocycles. The zero-order chi connectivity index (χ0) is 24.9. The fourth-order valence-corrected chi connectivity index (χ4v) is 5.32. The van der Waals surface area contributed by atoms with Gasteiger partial charge in [0.2, 0.25) is 0 Å². The maximum Gasteiger partial charge on any atom is 0.270 e. The van der Waals surface area contributed by atoms with Gasteiger partial charge in [-0.05, 0) is 64.0 Å². The first-order valence-corrected chi connectivity index (χ1v) is 12.6. The standard InChI is InChI=1S/C25H18BrClN2O4S2/c1-32-20-12-15(13-21-24(31)29(25(34)35-21)16-7-3-2-4-8-16)11-17(26)23(20)33-14-22(30)28-19-10-6-5-9-18(19)27/h2-13H,14H2,1H3,(H,28,30)/b21-13-. The maximum atomic E-state index is 13.0. The lowest BCUT2D eigenvalue weighted by Gasteiger charge is -2.14. The lowest BCUT2D eigenvalue weighted by Crippen LogP contribution is -2.27. The van der Waals surface area contributed by atoms with Crippen molar-refractivity contribution in [1.82, 2.24) is 0 Å². The maximum absolute atomic E-state index is 13.0. The zero-order valence-electron chi connectivity index (χ0n) is 18.3. The van der Waals surface area contributed by atoms with Crippen molar-refractivity contribution in [3.05, 3.63) is 86.7 Å². The predicted octanol–water partition coefficient (Wildman–Crippen LogP) is 6.53. The molecule has 0 saturated carbocycles. The first-order chi connectivity index (χ1) is 16.9. The van der Waals surface area contributed by atoms with E-state index in [4.69, 9.17) is 33.3 Å². The minimum Gasteiger partial charge on any atom is -0.493 e. The molecule has 2 amide bonds. The minimum atomic E-state index is -0.374. The number of benzene rings is 3. The average molecular weight is 590 g/mol. The normalized spacial score (nSPS) is 14.4.